The second kappa shape index (κ2) is 12.9. The summed E-state index contributed by atoms with van der Waals surface area (Å²) in [6.07, 6.45) is 0. The fraction of sp³-hybridized carbons (Fsp3) is 0.242. The first-order valence-electron chi connectivity index (χ1n) is 12.9. The first kappa shape index (κ1) is 27.6. The number of nitrogens with zero attached hydrogens (tertiary/aromatic N) is 1. The maximum atomic E-state index is 13.1. The summed E-state index contributed by atoms with van der Waals surface area (Å²) in [5.41, 5.74) is 5.23. The molecule has 5 heteroatoms. The average molecular weight is 525 g/mol. The first-order valence-corrected chi connectivity index (χ1v) is 14.0. The van der Waals surface area contributed by atoms with Crippen LogP contribution in [0.25, 0.3) is 0 Å². The molecule has 4 aromatic carbocycles. The van der Waals surface area contributed by atoms with Gasteiger partial charge in [0, 0.05) is 28.4 Å². The van der Waals surface area contributed by atoms with Gasteiger partial charge in [-0.05, 0) is 44.0 Å². The monoisotopic (exact) mass is 524 g/mol. The van der Waals surface area contributed by atoms with Crippen molar-refractivity contribution in [1.82, 2.24) is 4.72 Å². The Morgan fingerprint density at radius 1 is 0.763 bits per heavy atom. The second-order valence-electron chi connectivity index (χ2n) is 10.2. The smallest absolute Gasteiger partial charge is 0.136 e. The maximum absolute atomic E-state index is 13.1. The van der Waals surface area contributed by atoms with E-state index in [0.29, 0.717) is 6.54 Å². The van der Waals surface area contributed by atoms with Gasteiger partial charge in [-0.1, -0.05) is 103 Å². The average Bonchev–Trinajstić information content (AvgIpc) is 2.95. The van der Waals surface area contributed by atoms with E-state index < -0.39 is 11.4 Å². The fourth-order valence-corrected chi connectivity index (χ4v) is 5.10. The molecule has 1 N–H and O–H groups in total. The molecule has 0 amide bonds. The van der Waals surface area contributed by atoms with Gasteiger partial charge < -0.3 is 9.29 Å². The van der Waals surface area contributed by atoms with Gasteiger partial charge in [-0.25, -0.2) is 0 Å². The van der Waals surface area contributed by atoms with Crippen LogP contribution >= 0.6 is 0 Å². The number of hydrogen-bond donors (Lipinski definition) is 1. The van der Waals surface area contributed by atoms with Crippen LogP contribution in [0.15, 0.2) is 120 Å². The third-order valence-electron chi connectivity index (χ3n) is 6.42. The Morgan fingerprint density at radius 3 is 1.74 bits per heavy atom. The standard InChI is InChI=1S/C33H36N2O2S/c1-33(2,3)38(36)34-24-30(25-20-22-29(37-4)23-21-25)32(28-18-12-7-13-19-28)35-31(26-14-8-5-9-15-26)27-16-10-6-11-17-27/h5-23,30,32,34H,24H2,1-4H3. The summed E-state index contributed by atoms with van der Waals surface area (Å²) in [7, 11) is 1.67. The zero-order chi connectivity index (χ0) is 27.0. The van der Waals surface area contributed by atoms with Crippen molar-refractivity contribution >= 4 is 17.1 Å². The van der Waals surface area contributed by atoms with Crippen LogP contribution in [0.1, 0.15) is 55.0 Å². The summed E-state index contributed by atoms with van der Waals surface area (Å²) >= 11 is -1.22. The largest absolute Gasteiger partial charge is 0.598 e. The number of nitrogens with one attached hydrogen (secondary N) is 1. The molecule has 0 fully saturated rings. The highest BCUT2D eigenvalue weighted by molar-refractivity contribution is 7.90. The molecule has 0 saturated heterocycles. The lowest BCUT2D eigenvalue weighted by Crippen LogP contribution is -2.41. The molecular formula is C33H36N2O2S. The van der Waals surface area contributed by atoms with E-state index in [9.17, 15) is 4.55 Å². The van der Waals surface area contributed by atoms with E-state index in [1.54, 1.807) is 7.11 Å². The van der Waals surface area contributed by atoms with Crippen LogP contribution in [0.4, 0.5) is 0 Å². The third-order valence-corrected chi connectivity index (χ3v) is 7.96. The lowest BCUT2D eigenvalue weighted by Gasteiger charge is -2.29. The van der Waals surface area contributed by atoms with Crippen LogP contribution in [-0.2, 0) is 11.4 Å². The molecule has 0 saturated carbocycles. The van der Waals surface area contributed by atoms with Gasteiger partial charge in [0.2, 0.25) is 0 Å². The van der Waals surface area contributed by atoms with Gasteiger partial charge in [-0.3, -0.25) is 4.99 Å². The van der Waals surface area contributed by atoms with E-state index in [1.165, 1.54) is 0 Å². The Kier molecular flexibility index (Phi) is 9.40. The zero-order valence-corrected chi connectivity index (χ0v) is 23.3. The highest BCUT2D eigenvalue weighted by Gasteiger charge is 2.31. The van der Waals surface area contributed by atoms with Crippen molar-refractivity contribution in [3.8, 4) is 5.75 Å². The normalized spacial score (nSPS) is 13.8. The highest BCUT2D eigenvalue weighted by atomic mass is 32.2. The van der Waals surface area contributed by atoms with Crippen LogP contribution < -0.4 is 9.46 Å². The van der Waals surface area contributed by atoms with Crippen molar-refractivity contribution in [3.63, 3.8) is 0 Å². The number of benzene rings is 4. The Morgan fingerprint density at radius 2 is 1.26 bits per heavy atom. The molecule has 0 radical (unpaired) electrons. The number of aliphatic imine (C=N–C) groups is 1. The van der Waals surface area contributed by atoms with Crippen LogP contribution in [-0.4, -0.2) is 28.7 Å². The summed E-state index contributed by atoms with van der Waals surface area (Å²) in [6, 6.07) is 38.9. The number of hydrogen-bond acceptors (Lipinski definition) is 4. The van der Waals surface area contributed by atoms with Gasteiger partial charge in [0.15, 0.2) is 0 Å². The Labute approximate surface area is 230 Å². The minimum Gasteiger partial charge on any atom is -0.598 e. The molecule has 0 aliphatic carbocycles. The van der Waals surface area contributed by atoms with Crippen molar-refractivity contribution in [3.05, 3.63) is 138 Å². The van der Waals surface area contributed by atoms with Crippen LogP contribution in [0, 0.1) is 0 Å². The molecule has 196 valence electrons. The van der Waals surface area contributed by atoms with Crippen LogP contribution in [0.2, 0.25) is 0 Å². The summed E-state index contributed by atoms with van der Waals surface area (Å²) < 4.78 is 21.4. The first-order chi connectivity index (χ1) is 18.4. The van der Waals surface area contributed by atoms with Crippen molar-refractivity contribution in [2.75, 3.05) is 13.7 Å². The third kappa shape index (κ3) is 7.13. The minimum atomic E-state index is -1.22. The molecule has 0 bridgehead atoms. The maximum Gasteiger partial charge on any atom is 0.136 e. The Hall–Kier alpha value is -3.38. The molecule has 38 heavy (non-hydrogen) atoms. The number of rotatable bonds is 10. The van der Waals surface area contributed by atoms with E-state index in [2.05, 4.69) is 53.3 Å². The molecule has 4 rings (SSSR count). The SMILES string of the molecule is COc1ccc(C(CN[S+]([O-])C(C)(C)C)C(N=C(c2ccccc2)c2ccccc2)c2ccccc2)cc1. The van der Waals surface area contributed by atoms with E-state index >= 15 is 0 Å². The van der Waals surface area contributed by atoms with Crippen molar-refractivity contribution in [1.29, 1.82) is 0 Å². The van der Waals surface area contributed by atoms with Gasteiger partial charge >= 0.3 is 0 Å². The number of ether oxygens (including phenoxy) is 1. The predicted octanol–water partition coefficient (Wildman–Crippen LogP) is 7.11. The molecule has 0 heterocycles. The molecule has 0 aliphatic rings. The molecule has 0 spiro atoms. The topological polar surface area (TPSA) is 56.7 Å². The van der Waals surface area contributed by atoms with Gasteiger partial charge in [-0.15, -0.1) is 4.72 Å². The minimum absolute atomic E-state index is 0.0861. The lowest BCUT2D eigenvalue weighted by atomic mass is 9.86. The van der Waals surface area contributed by atoms with Gasteiger partial charge in [-0.2, -0.15) is 0 Å². The molecule has 4 aromatic rings. The molecule has 3 atom stereocenters. The quantitative estimate of drug-likeness (QED) is 0.178. The second-order valence-corrected chi connectivity index (χ2v) is 12.2. The Bertz CT molecular complexity index is 1250. The predicted molar refractivity (Wildman–Crippen MR) is 159 cm³/mol. The highest BCUT2D eigenvalue weighted by Crippen LogP contribution is 2.36. The van der Waals surface area contributed by atoms with Gasteiger partial charge in [0.05, 0.1) is 25.4 Å². The van der Waals surface area contributed by atoms with Crippen molar-refractivity contribution in [2.45, 2.75) is 37.5 Å². The van der Waals surface area contributed by atoms with Gasteiger partial charge in [0.1, 0.15) is 10.5 Å². The van der Waals surface area contributed by atoms with E-state index in [0.717, 1.165) is 33.7 Å². The Balaban J connectivity index is 1.87. The molecule has 0 aromatic heterocycles. The zero-order valence-electron chi connectivity index (χ0n) is 22.5. The van der Waals surface area contributed by atoms with Crippen molar-refractivity contribution in [2.24, 2.45) is 4.99 Å². The van der Waals surface area contributed by atoms with Crippen molar-refractivity contribution < 1.29 is 9.29 Å². The van der Waals surface area contributed by atoms with E-state index in [1.807, 2.05) is 87.5 Å². The summed E-state index contributed by atoms with van der Waals surface area (Å²) in [4.78, 5) is 5.49. The molecular weight excluding hydrogens is 488 g/mol. The molecule has 3 unspecified atom stereocenters. The number of methoxy groups -OCH3 is 1. The fourth-order valence-electron chi connectivity index (χ4n) is 4.34. The summed E-state index contributed by atoms with van der Waals surface area (Å²) in [6.45, 7) is 6.44. The van der Waals surface area contributed by atoms with Gasteiger partial charge in [0.25, 0.3) is 0 Å². The summed E-state index contributed by atoms with van der Waals surface area (Å²) in [5.74, 6) is 0.713. The van der Waals surface area contributed by atoms with E-state index in [4.69, 9.17) is 9.73 Å². The summed E-state index contributed by atoms with van der Waals surface area (Å²) in [5, 5.41) is 0. The van der Waals surface area contributed by atoms with Crippen LogP contribution in [0.3, 0.4) is 0 Å². The van der Waals surface area contributed by atoms with E-state index in [-0.39, 0.29) is 16.7 Å². The lowest BCUT2D eigenvalue weighted by molar-refractivity contribution is 0.414. The van der Waals surface area contributed by atoms with Crippen LogP contribution in [0.5, 0.6) is 5.75 Å². The molecule has 4 nitrogen and oxygen atoms in total. The molecule has 0 aliphatic heterocycles.